The van der Waals surface area contributed by atoms with Crippen molar-refractivity contribution in [3.8, 4) is 28.7 Å². The summed E-state index contributed by atoms with van der Waals surface area (Å²) in [6, 6.07) is 5.98. The van der Waals surface area contributed by atoms with E-state index < -0.39 is 6.10 Å². The van der Waals surface area contributed by atoms with Gasteiger partial charge in [-0.05, 0) is 36.7 Å². The number of likely N-dealkylation sites (N-methyl/N-ethyl adjacent to an activating group) is 1. The highest BCUT2D eigenvalue weighted by Gasteiger charge is 2.47. The van der Waals surface area contributed by atoms with Crippen LogP contribution in [0, 0.1) is 0 Å². The molecule has 3 atom stereocenters. The van der Waals surface area contributed by atoms with E-state index in [-0.39, 0.29) is 25.5 Å². The van der Waals surface area contributed by atoms with Gasteiger partial charge in [-0.3, -0.25) is 4.90 Å². The first-order valence-corrected chi connectivity index (χ1v) is 9.46. The molecule has 2 aromatic carbocycles. The summed E-state index contributed by atoms with van der Waals surface area (Å²) in [7, 11) is 3.73. The maximum Gasteiger partial charge on any atom is 0.231 e. The molecule has 0 saturated carbocycles. The zero-order chi connectivity index (χ0) is 19.0. The average molecular weight is 383 g/mol. The Kier molecular flexibility index (Phi) is 3.31. The van der Waals surface area contributed by atoms with Crippen molar-refractivity contribution in [2.75, 3.05) is 27.7 Å². The molecule has 28 heavy (non-hydrogen) atoms. The van der Waals surface area contributed by atoms with Crippen molar-refractivity contribution in [1.29, 1.82) is 0 Å². The van der Waals surface area contributed by atoms with Gasteiger partial charge in [0, 0.05) is 29.6 Å². The van der Waals surface area contributed by atoms with Gasteiger partial charge in [0.25, 0.3) is 0 Å². The van der Waals surface area contributed by atoms with Crippen LogP contribution in [0.1, 0.15) is 34.2 Å². The third kappa shape index (κ3) is 2.00. The van der Waals surface area contributed by atoms with Crippen LogP contribution in [-0.4, -0.2) is 43.9 Å². The summed E-state index contributed by atoms with van der Waals surface area (Å²) in [6.07, 6.45) is 0.00930. The molecule has 0 spiro atoms. The van der Waals surface area contributed by atoms with E-state index in [0.29, 0.717) is 30.2 Å². The molecule has 0 bridgehead atoms. The molecule has 7 heteroatoms. The van der Waals surface area contributed by atoms with Crippen LogP contribution in [0.2, 0.25) is 0 Å². The fourth-order valence-corrected chi connectivity index (χ4v) is 5.26. The summed E-state index contributed by atoms with van der Waals surface area (Å²) >= 11 is 0. The normalized spacial score (nSPS) is 26.5. The third-order valence-corrected chi connectivity index (χ3v) is 6.35. The van der Waals surface area contributed by atoms with E-state index in [0.717, 1.165) is 33.8 Å². The molecule has 3 heterocycles. The highest BCUT2D eigenvalue weighted by Crippen LogP contribution is 2.57. The Bertz CT molecular complexity index is 990. The van der Waals surface area contributed by atoms with E-state index in [2.05, 4.69) is 18.0 Å². The van der Waals surface area contributed by atoms with Gasteiger partial charge in [0.15, 0.2) is 23.0 Å². The van der Waals surface area contributed by atoms with E-state index in [1.54, 1.807) is 7.11 Å². The van der Waals surface area contributed by atoms with Gasteiger partial charge in [-0.1, -0.05) is 6.07 Å². The predicted molar refractivity (Wildman–Crippen MR) is 98.3 cm³/mol. The summed E-state index contributed by atoms with van der Waals surface area (Å²) in [6.45, 7) is 1.13. The van der Waals surface area contributed by atoms with E-state index in [4.69, 9.17) is 23.7 Å². The van der Waals surface area contributed by atoms with Crippen LogP contribution in [-0.2, 0) is 13.0 Å². The molecule has 2 aromatic rings. The summed E-state index contributed by atoms with van der Waals surface area (Å²) in [5.41, 5.74) is 4.34. The number of aliphatic hydroxyl groups is 1. The van der Waals surface area contributed by atoms with E-state index >= 15 is 0 Å². The zero-order valence-electron chi connectivity index (χ0n) is 15.7. The van der Waals surface area contributed by atoms with Gasteiger partial charge in [0.2, 0.25) is 19.3 Å². The van der Waals surface area contributed by atoms with Gasteiger partial charge >= 0.3 is 0 Å². The number of benzene rings is 2. The lowest BCUT2D eigenvalue weighted by Gasteiger charge is -2.47. The molecule has 6 rings (SSSR count). The Hall–Kier alpha value is -2.64. The highest BCUT2D eigenvalue weighted by atomic mass is 16.7. The standard InChI is InChI=1S/C21H21NO6/c1-22-7-12-11(3-4-14-19(12)27-8-25-14)17-13(23)5-10-6-15-20(28-9-26-15)21(24-2)16(10)18(17)22/h3-4,6,13,17-18,23H,5,7-9H2,1-2H3. The van der Waals surface area contributed by atoms with Gasteiger partial charge in [-0.2, -0.15) is 0 Å². The van der Waals surface area contributed by atoms with E-state index in [9.17, 15) is 5.11 Å². The molecule has 4 aliphatic rings. The van der Waals surface area contributed by atoms with Gasteiger partial charge in [0.05, 0.1) is 13.2 Å². The minimum absolute atomic E-state index is 0.0314. The Morgan fingerprint density at radius 3 is 2.68 bits per heavy atom. The lowest BCUT2D eigenvalue weighted by Crippen LogP contribution is -2.43. The Morgan fingerprint density at radius 1 is 1.07 bits per heavy atom. The summed E-state index contributed by atoms with van der Waals surface area (Å²) in [5, 5.41) is 11.2. The topological polar surface area (TPSA) is 69.6 Å². The van der Waals surface area contributed by atoms with Crippen LogP contribution < -0.4 is 23.7 Å². The van der Waals surface area contributed by atoms with Crippen molar-refractivity contribution in [3.05, 3.63) is 40.5 Å². The third-order valence-electron chi connectivity index (χ3n) is 6.35. The molecule has 0 amide bonds. The first-order chi connectivity index (χ1) is 13.7. The maximum atomic E-state index is 11.2. The lowest BCUT2D eigenvalue weighted by molar-refractivity contribution is 0.0576. The number of ether oxygens (including phenoxy) is 5. The number of aliphatic hydroxyl groups excluding tert-OH is 1. The van der Waals surface area contributed by atoms with E-state index in [1.165, 1.54) is 0 Å². The number of fused-ring (bicyclic) bond motifs is 8. The first kappa shape index (κ1) is 16.3. The molecule has 0 aromatic heterocycles. The number of methoxy groups -OCH3 is 1. The maximum absolute atomic E-state index is 11.2. The fourth-order valence-electron chi connectivity index (χ4n) is 5.26. The van der Waals surface area contributed by atoms with Crippen molar-refractivity contribution in [3.63, 3.8) is 0 Å². The molecule has 146 valence electrons. The second kappa shape index (κ2) is 5.68. The minimum Gasteiger partial charge on any atom is -0.492 e. The fraction of sp³-hybridized carbons (Fsp3) is 0.429. The van der Waals surface area contributed by atoms with Crippen LogP contribution >= 0.6 is 0 Å². The number of hydrogen-bond donors (Lipinski definition) is 1. The quantitative estimate of drug-likeness (QED) is 0.811. The molecule has 1 aliphatic carbocycles. The number of rotatable bonds is 1. The lowest BCUT2D eigenvalue weighted by atomic mass is 9.70. The number of nitrogens with zero attached hydrogens (tertiary/aromatic N) is 1. The SMILES string of the molecule is COc1c2c(cc3c1C1C(c4ccc5c(c4CN1C)OCO5)C(O)C3)OCO2. The van der Waals surface area contributed by atoms with Crippen molar-refractivity contribution in [2.45, 2.75) is 31.0 Å². The van der Waals surface area contributed by atoms with Crippen LogP contribution in [0.4, 0.5) is 0 Å². The van der Waals surface area contributed by atoms with Crippen LogP contribution in [0.5, 0.6) is 28.7 Å². The Morgan fingerprint density at radius 2 is 1.86 bits per heavy atom. The number of hydrogen-bond acceptors (Lipinski definition) is 7. The molecule has 0 radical (unpaired) electrons. The average Bonchev–Trinajstić information content (AvgIpc) is 3.35. The first-order valence-electron chi connectivity index (χ1n) is 9.46. The molecular formula is C21H21NO6. The minimum atomic E-state index is -0.524. The summed E-state index contributed by atoms with van der Waals surface area (Å²) in [5.74, 6) is 3.54. The van der Waals surface area contributed by atoms with Crippen LogP contribution in [0.3, 0.4) is 0 Å². The van der Waals surface area contributed by atoms with Gasteiger partial charge in [0.1, 0.15) is 0 Å². The van der Waals surface area contributed by atoms with Crippen molar-refractivity contribution in [2.24, 2.45) is 0 Å². The molecule has 7 nitrogen and oxygen atoms in total. The van der Waals surface area contributed by atoms with Gasteiger partial charge in [-0.15, -0.1) is 0 Å². The second-order valence-corrected chi connectivity index (χ2v) is 7.74. The van der Waals surface area contributed by atoms with Gasteiger partial charge < -0.3 is 28.8 Å². The van der Waals surface area contributed by atoms with Crippen LogP contribution in [0.15, 0.2) is 18.2 Å². The summed E-state index contributed by atoms with van der Waals surface area (Å²) < 4.78 is 28.4. The Balaban J connectivity index is 1.57. The largest absolute Gasteiger partial charge is 0.492 e. The molecule has 1 N–H and O–H groups in total. The predicted octanol–water partition coefficient (Wildman–Crippen LogP) is 2.34. The van der Waals surface area contributed by atoms with E-state index in [1.807, 2.05) is 12.1 Å². The monoisotopic (exact) mass is 383 g/mol. The van der Waals surface area contributed by atoms with Crippen molar-refractivity contribution in [1.82, 2.24) is 4.90 Å². The van der Waals surface area contributed by atoms with Crippen molar-refractivity contribution < 1.29 is 28.8 Å². The molecule has 0 fully saturated rings. The zero-order valence-corrected chi connectivity index (χ0v) is 15.7. The second-order valence-electron chi connectivity index (χ2n) is 7.74. The smallest absolute Gasteiger partial charge is 0.231 e. The molecule has 0 saturated heterocycles. The molecule has 3 aliphatic heterocycles. The van der Waals surface area contributed by atoms with Crippen molar-refractivity contribution >= 4 is 0 Å². The summed E-state index contributed by atoms with van der Waals surface area (Å²) in [4.78, 5) is 2.25. The molecular weight excluding hydrogens is 362 g/mol. The molecule has 3 unspecified atom stereocenters. The Labute approximate surface area is 162 Å². The van der Waals surface area contributed by atoms with Gasteiger partial charge in [-0.25, -0.2) is 0 Å². The van der Waals surface area contributed by atoms with Crippen LogP contribution in [0.25, 0.3) is 0 Å². The highest BCUT2D eigenvalue weighted by molar-refractivity contribution is 5.64.